The number of ether oxygens (including phenoxy) is 3. The van der Waals surface area contributed by atoms with E-state index < -0.39 is 0 Å². The Morgan fingerprint density at radius 1 is 1.17 bits per heavy atom. The summed E-state index contributed by atoms with van der Waals surface area (Å²) in [5.74, 6) is 1.32. The molecule has 0 N–H and O–H groups in total. The third kappa shape index (κ3) is 3.40. The van der Waals surface area contributed by atoms with Crippen molar-refractivity contribution in [2.24, 2.45) is 0 Å². The molecule has 2 aromatic rings. The van der Waals surface area contributed by atoms with E-state index in [0.717, 1.165) is 6.42 Å². The highest BCUT2D eigenvalue weighted by Crippen LogP contribution is 2.25. The minimum Gasteiger partial charge on any atom is -0.497 e. The fourth-order valence-corrected chi connectivity index (χ4v) is 2.64. The lowest BCUT2D eigenvalue weighted by molar-refractivity contribution is 0.0770. The zero-order valence-electron chi connectivity index (χ0n) is 13.6. The summed E-state index contributed by atoms with van der Waals surface area (Å²) in [5, 5.41) is 0. The van der Waals surface area contributed by atoms with Crippen LogP contribution in [0, 0.1) is 0 Å². The van der Waals surface area contributed by atoms with Crippen molar-refractivity contribution in [2.45, 2.75) is 12.5 Å². The monoisotopic (exact) mass is 329 g/mol. The molecule has 1 aliphatic heterocycles. The van der Waals surface area contributed by atoms with Gasteiger partial charge in [-0.2, -0.15) is 0 Å². The Bertz CT molecular complexity index is 722. The van der Waals surface area contributed by atoms with E-state index in [-0.39, 0.29) is 12.0 Å². The maximum Gasteiger partial charge on any atom is 0.278 e. The predicted molar refractivity (Wildman–Crippen MR) is 86.5 cm³/mol. The normalized spacial score (nSPS) is 16.8. The highest BCUT2D eigenvalue weighted by Gasteiger charge is 2.29. The lowest BCUT2D eigenvalue weighted by Crippen LogP contribution is -2.31. The number of hydrogen-bond donors (Lipinski definition) is 0. The minimum atomic E-state index is -0.134. The fourth-order valence-electron chi connectivity index (χ4n) is 2.64. The van der Waals surface area contributed by atoms with Crippen molar-refractivity contribution < 1.29 is 19.0 Å². The number of amides is 1. The van der Waals surface area contributed by atoms with Gasteiger partial charge in [-0.25, -0.2) is 9.97 Å². The molecule has 1 fully saturated rings. The Labute approximate surface area is 140 Å². The molecule has 1 saturated heterocycles. The largest absolute Gasteiger partial charge is 0.497 e. The van der Waals surface area contributed by atoms with E-state index in [1.54, 1.807) is 42.6 Å². The Hall–Kier alpha value is -2.83. The van der Waals surface area contributed by atoms with Crippen LogP contribution < -0.4 is 14.2 Å². The first-order valence-electron chi connectivity index (χ1n) is 7.66. The van der Waals surface area contributed by atoms with E-state index in [4.69, 9.17) is 14.2 Å². The summed E-state index contributed by atoms with van der Waals surface area (Å²) >= 11 is 0. The molecular formula is C17H19N3O4. The van der Waals surface area contributed by atoms with Crippen molar-refractivity contribution in [1.82, 2.24) is 14.9 Å². The number of rotatable bonds is 5. The van der Waals surface area contributed by atoms with Crippen molar-refractivity contribution in [3.63, 3.8) is 0 Å². The van der Waals surface area contributed by atoms with Crippen molar-refractivity contribution in [1.29, 1.82) is 0 Å². The van der Waals surface area contributed by atoms with Gasteiger partial charge in [0.2, 0.25) is 0 Å². The van der Waals surface area contributed by atoms with Gasteiger partial charge in [0.05, 0.1) is 20.8 Å². The summed E-state index contributed by atoms with van der Waals surface area (Å²) in [6.45, 7) is 1.12. The average molecular weight is 329 g/mol. The zero-order valence-corrected chi connectivity index (χ0v) is 13.6. The third-order valence-corrected chi connectivity index (χ3v) is 3.85. The van der Waals surface area contributed by atoms with Gasteiger partial charge in [0, 0.05) is 30.9 Å². The highest BCUT2D eigenvalue weighted by atomic mass is 16.5. The molecule has 0 radical (unpaired) electrons. The van der Waals surface area contributed by atoms with Crippen LogP contribution in [0.2, 0.25) is 0 Å². The quantitative estimate of drug-likeness (QED) is 0.832. The van der Waals surface area contributed by atoms with E-state index in [0.29, 0.717) is 36.2 Å². The number of likely N-dealkylation sites (tertiary alicyclic amines) is 1. The molecule has 0 saturated carbocycles. The maximum absolute atomic E-state index is 12.6. The molecule has 126 valence electrons. The number of aromatic nitrogens is 2. The number of methoxy groups -OCH3 is 2. The summed E-state index contributed by atoms with van der Waals surface area (Å²) in [4.78, 5) is 22.6. The molecular weight excluding hydrogens is 310 g/mol. The molecule has 1 amide bonds. The van der Waals surface area contributed by atoms with Gasteiger partial charge in [-0.1, -0.05) is 6.07 Å². The van der Waals surface area contributed by atoms with E-state index in [1.807, 2.05) is 6.07 Å². The van der Waals surface area contributed by atoms with Gasteiger partial charge >= 0.3 is 0 Å². The van der Waals surface area contributed by atoms with Crippen molar-refractivity contribution in [3.8, 4) is 17.5 Å². The van der Waals surface area contributed by atoms with E-state index in [2.05, 4.69) is 9.97 Å². The van der Waals surface area contributed by atoms with Crippen LogP contribution in [0.15, 0.2) is 36.7 Å². The Balaban J connectivity index is 1.65. The number of nitrogens with zero attached hydrogens (tertiary/aromatic N) is 3. The summed E-state index contributed by atoms with van der Waals surface area (Å²) in [5.41, 5.74) is 0.604. The SMILES string of the molecule is COc1cccc(C(=O)N2CCC(Oc3nccnc3OC)C2)c1. The van der Waals surface area contributed by atoms with E-state index in [1.165, 1.54) is 7.11 Å². The van der Waals surface area contributed by atoms with Crippen LogP contribution in [-0.4, -0.2) is 54.2 Å². The lowest BCUT2D eigenvalue weighted by atomic mass is 10.2. The van der Waals surface area contributed by atoms with Gasteiger partial charge < -0.3 is 19.1 Å². The molecule has 0 aliphatic carbocycles. The van der Waals surface area contributed by atoms with Crippen LogP contribution in [0.25, 0.3) is 0 Å². The molecule has 24 heavy (non-hydrogen) atoms. The van der Waals surface area contributed by atoms with Gasteiger partial charge in [-0.3, -0.25) is 4.79 Å². The van der Waals surface area contributed by atoms with Gasteiger partial charge in [0.25, 0.3) is 17.7 Å². The van der Waals surface area contributed by atoms with Gasteiger partial charge in [0.15, 0.2) is 0 Å². The highest BCUT2D eigenvalue weighted by molar-refractivity contribution is 5.94. The third-order valence-electron chi connectivity index (χ3n) is 3.85. The molecule has 7 nitrogen and oxygen atoms in total. The summed E-state index contributed by atoms with van der Waals surface area (Å²) in [6.07, 6.45) is 3.69. The van der Waals surface area contributed by atoms with E-state index in [9.17, 15) is 4.79 Å². The van der Waals surface area contributed by atoms with Gasteiger partial charge in [0.1, 0.15) is 11.9 Å². The second kappa shape index (κ2) is 7.16. The smallest absolute Gasteiger partial charge is 0.278 e. The first kappa shape index (κ1) is 16.0. The van der Waals surface area contributed by atoms with Crippen LogP contribution in [-0.2, 0) is 0 Å². The summed E-state index contributed by atoms with van der Waals surface area (Å²) in [7, 11) is 3.10. The van der Waals surface area contributed by atoms with Gasteiger partial charge in [-0.15, -0.1) is 0 Å². The second-order valence-corrected chi connectivity index (χ2v) is 5.38. The van der Waals surface area contributed by atoms with Crippen molar-refractivity contribution in [2.75, 3.05) is 27.3 Å². The molecule has 1 aromatic carbocycles. The van der Waals surface area contributed by atoms with E-state index >= 15 is 0 Å². The molecule has 1 aromatic heterocycles. The standard InChI is InChI=1S/C17H19N3O4/c1-22-13-5-3-4-12(10-13)17(21)20-9-6-14(11-20)24-16-15(23-2)18-7-8-19-16/h3-5,7-8,10,14H,6,9,11H2,1-2H3. The number of carbonyl (C=O) groups excluding carboxylic acids is 1. The topological polar surface area (TPSA) is 73.8 Å². The molecule has 0 bridgehead atoms. The minimum absolute atomic E-state index is 0.0360. The van der Waals surface area contributed by atoms with Crippen LogP contribution in [0.5, 0.6) is 17.5 Å². The fraction of sp³-hybridized carbons (Fsp3) is 0.353. The molecule has 0 spiro atoms. The number of hydrogen-bond acceptors (Lipinski definition) is 6. The van der Waals surface area contributed by atoms with Gasteiger partial charge in [-0.05, 0) is 18.2 Å². The Morgan fingerprint density at radius 2 is 1.96 bits per heavy atom. The number of benzene rings is 1. The van der Waals surface area contributed by atoms with Crippen LogP contribution in [0.4, 0.5) is 0 Å². The lowest BCUT2D eigenvalue weighted by Gasteiger charge is -2.17. The molecule has 2 heterocycles. The maximum atomic E-state index is 12.6. The summed E-state index contributed by atoms with van der Waals surface area (Å²) in [6, 6.07) is 7.14. The molecule has 1 unspecified atom stereocenters. The average Bonchev–Trinajstić information content (AvgIpc) is 3.10. The van der Waals surface area contributed by atoms with Crippen molar-refractivity contribution >= 4 is 5.91 Å². The van der Waals surface area contributed by atoms with Crippen LogP contribution in [0.3, 0.4) is 0 Å². The Kier molecular flexibility index (Phi) is 4.79. The first-order chi connectivity index (χ1) is 11.7. The first-order valence-corrected chi connectivity index (χ1v) is 7.66. The summed E-state index contributed by atoms with van der Waals surface area (Å²) < 4.78 is 16.1. The number of carbonyl (C=O) groups is 1. The zero-order chi connectivity index (χ0) is 16.9. The Morgan fingerprint density at radius 3 is 2.71 bits per heavy atom. The second-order valence-electron chi connectivity index (χ2n) is 5.38. The molecule has 7 heteroatoms. The van der Waals surface area contributed by atoms with Crippen molar-refractivity contribution in [3.05, 3.63) is 42.2 Å². The van der Waals surface area contributed by atoms with Crippen LogP contribution >= 0.6 is 0 Å². The predicted octanol–water partition coefficient (Wildman–Crippen LogP) is 1.79. The van der Waals surface area contributed by atoms with Crippen LogP contribution in [0.1, 0.15) is 16.8 Å². The molecule has 1 atom stereocenters. The molecule has 3 rings (SSSR count). The molecule has 1 aliphatic rings.